The van der Waals surface area contributed by atoms with Crippen LogP contribution in [0.3, 0.4) is 0 Å². The normalized spacial score (nSPS) is 9.56. The first-order chi connectivity index (χ1) is 7.54. The van der Waals surface area contributed by atoms with Crippen LogP contribution in [0.4, 0.5) is 5.69 Å². The largest absolute Gasteiger partial charge is 0.480 e. The van der Waals surface area contributed by atoms with E-state index in [1.807, 2.05) is 19.1 Å². The third-order valence-electron chi connectivity index (χ3n) is 2.08. The summed E-state index contributed by atoms with van der Waals surface area (Å²) in [4.78, 5) is 23.3. The van der Waals surface area contributed by atoms with Gasteiger partial charge in [-0.1, -0.05) is 24.3 Å². The summed E-state index contributed by atoms with van der Waals surface area (Å²) in [6.45, 7) is 4.90. The predicted octanol–water partition coefficient (Wildman–Crippen LogP) is 1.60. The molecule has 0 aliphatic rings. The number of carbonyl (C=O) groups excluding carboxylic acids is 1. The molecule has 0 aliphatic heterocycles. The minimum atomic E-state index is -1.06. The molecule has 0 aromatic heterocycles. The molecule has 4 nitrogen and oxygen atoms in total. The molecule has 0 saturated carbocycles. The maximum absolute atomic E-state index is 11.5. The van der Waals surface area contributed by atoms with Crippen molar-refractivity contribution in [2.75, 3.05) is 11.4 Å². The highest BCUT2D eigenvalue weighted by Gasteiger charge is 2.15. The molecule has 84 valence electrons. The fraction of sp³-hybridized carbons (Fsp3) is 0.167. The molecule has 0 bridgehead atoms. The second-order valence-electron chi connectivity index (χ2n) is 3.36. The van der Waals surface area contributed by atoms with Gasteiger partial charge in [-0.25, -0.2) is 0 Å². The Morgan fingerprint density at radius 2 is 1.94 bits per heavy atom. The van der Waals surface area contributed by atoms with Crippen molar-refractivity contribution in [3.8, 4) is 0 Å². The Balaban J connectivity index is 3.00. The number of carboxylic acids is 1. The summed E-state index contributed by atoms with van der Waals surface area (Å²) in [5, 5.41) is 8.72. The summed E-state index contributed by atoms with van der Waals surface area (Å²) >= 11 is 0. The van der Waals surface area contributed by atoms with Gasteiger partial charge >= 0.3 is 5.97 Å². The van der Waals surface area contributed by atoms with Crippen molar-refractivity contribution in [3.63, 3.8) is 0 Å². The van der Waals surface area contributed by atoms with Crippen LogP contribution in [0.15, 0.2) is 36.9 Å². The van der Waals surface area contributed by atoms with Gasteiger partial charge in [0, 0.05) is 5.69 Å². The Labute approximate surface area is 93.8 Å². The Bertz CT molecular complexity index is 409. The lowest BCUT2D eigenvalue weighted by atomic mass is 10.2. The molecule has 16 heavy (non-hydrogen) atoms. The van der Waals surface area contributed by atoms with Crippen LogP contribution in [0.5, 0.6) is 0 Å². The van der Waals surface area contributed by atoms with Gasteiger partial charge in [-0.15, -0.1) is 0 Å². The SMILES string of the molecule is C=CC(=O)N(CC(=O)O)c1ccc(C)cc1. The Kier molecular flexibility index (Phi) is 3.83. The zero-order valence-corrected chi connectivity index (χ0v) is 9.01. The third kappa shape index (κ3) is 2.95. The van der Waals surface area contributed by atoms with E-state index in [1.165, 1.54) is 0 Å². The van der Waals surface area contributed by atoms with Gasteiger partial charge in [0.2, 0.25) is 0 Å². The topological polar surface area (TPSA) is 57.6 Å². The van der Waals surface area contributed by atoms with E-state index in [1.54, 1.807) is 12.1 Å². The fourth-order valence-electron chi connectivity index (χ4n) is 1.27. The van der Waals surface area contributed by atoms with Crippen molar-refractivity contribution in [2.24, 2.45) is 0 Å². The van der Waals surface area contributed by atoms with Gasteiger partial charge in [0.15, 0.2) is 0 Å². The lowest BCUT2D eigenvalue weighted by molar-refractivity contribution is -0.136. The van der Waals surface area contributed by atoms with Gasteiger partial charge in [-0.3, -0.25) is 14.5 Å². The quantitative estimate of drug-likeness (QED) is 0.782. The molecular formula is C12H13NO3. The van der Waals surface area contributed by atoms with Gasteiger partial charge in [0.05, 0.1) is 0 Å². The molecule has 4 heteroatoms. The van der Waals surface area contributed by atoms with Crippen LogP contribution in [0, 0.1) is 6.92 Å². The molecule has 1 amide bonds. The van der Waals surface area contributed by atoms with Crippen molar-refractivity contribution < 1.29 is 14.7 Å². The number of benzene rings is 1. The number of hydrogen-bond donors (Lipinski definition) is 1. The van der Waals surface area contributed by atoms with Gasteiger partial charge in [0.25, 0.3) is 5.91 Å². The van der Waals surface area contributed by atoms with Crippen LogP contribution in [-0.2, 0) is 9.59 Å². The summed E-state index contributed by atoms with van der Waals surface area (Å²) < 4.78 is 0. The standard InChI is InChI=1S/C12H13NO3/c1-3-11(14)13(8-12(15)16)10-6-4-9(2)5-7-10/h3-7H,1,8H2,2H3,(H,15,16). The predicted molar refractivity (Wildman–Crippen MR) is 61.4 cm³/mol. The van der Waals surface area contributed by atoms with Crippen LogP contribution >= 0.6 is 0 Å². The number of carboxylic acid groups (broad SMARTS) is 1. The summed E-state index contributed by atoms with van der Waals surface area (Å²) in [6, 6.07) is 7.06. The number of nitrogens with zero attached hydrogens (tertiary/aromatic N) is 1. The van der Waals surface area contributed by atoms with E-state index in [-0.39, 0.29) is 6.54 Å². The smallest absolute Gasteiger partial charge is 0.323 e. The van der Waals surface area contributed by atoms with Gasteiger partial charge in [-0.05, 0) is 25.1 Å². The average Bonchev–Trinajstić information content (AvgIpc) is 2.26. The van der Waals surface area contributed by atoms with Crippen LogP contribution in [0.1, 0.15) is 5.56 Å². The number of aryl methyl sites for hydroxylation is 1. The first kappa shape index (κ1) is 12.0. The first-order valence-corrected chi connectivity index (χ1v) is 4.77. The lowest BCUT2D eigenvalue weighted by Crippen LogP contribution is -2.34. The molecule has 1 rings (SSSR count). The van der Waals surface area contributed by atoms with Crippen LogP contribution in [-0.4, -0.2) is 23.5 Å². The van der Waals surface area contributed by atoms with Crippen molar-refractivity contribution >= 4 is 17.6 Å². The van der Waals surface area contributed by atoms with E-state index < -0.39 is 11.9 Å². The summed E-state index contributed by atoms with van der Waals surface area (Å²) in [7, 11) is 0. The molecular weight excluding hydrogens is 206 g/mol. The van der Waals surface area contributed by atoms with E-state index in [2.05, 4.69) is 6.58 Å². The van der Waals surface area contributed by atoms with E-state index in [4.69, 9.17) is 5.11 Å². The maximum atomic E-state index is 11.5. The number of rotatable bonds is 4. The maximum Gasteiger partial charge on any atom is 0.323 e. The molecule has 0 heterocycles. The van der Waals surface area contributed by atoms with Crippen molar-refractivity contribution in [2.45, 2.75) is 6.92 Å². The van der Waals surface area contributed by atoms with Crippen LogP contribution < -0.4 is 4.90 Å². The number of anilines is 1. The number of hydrogen-bond acceptors (Lipinski definition) is 2. The molecule has 0 atom stereocenters. The zero-order chi connectivity index (χ0) is 12.1. The summed E-state index contributed by atoms with van der Waals surface area (Å²) in [6.07, 6.45) is 1.10. The molecule has 0 spiro atoms. The Morgan fingerprint density at radius 3 is 2.38 bits per heavy atom. The fourth-order valence-corrected chi connectivity index (χ4v) is 1.27. The van der Waals surface area contributed by atoms with Crippen molar-refractivity contribution in [1.82, 2.24) is 0 Å². The van der Waals surface area contributed by atoms with Crippen molar-refractivity contribution in [1.29, 1.82) is 0 Å². The monoisotopic (exact) mass is 219 g/mol. The lowest BCUT2D eigenvalue weighted by Gasteiger charge is -2.19. The third-order valence-corrected chi connectivity index (χ3v) is 2.08. The highest BCUT2D eigenvalue weighted by atomic mass is 16.4. The number of amides is 1. The van der Waals surface area contributed by atoms with Gasteiger partial charge in [0.1, 0.15) is 6.54 Å². The minimum absolute atomic E-state index is 0.367. The summed E-state index contributed by atoms with van der Waals surface area (Å²) in [5.74, 6) is -1.48. The Hall–Kier alpha value is -2.10. The highest BCUT2D eigenvalue weighted by molar-refractivity contribution is 6.03. The average molecular weight is 219 g/mol. The van der Waals surface area contributed by atoms with E-state index in [9.17, 15) is 9.59 Å². The highest BCUT2D eigenvalue weighted by Crippen LogP contribution is 2.15. The van der Waals surface area contributed by atoms with Gasteiger partial charge in [-0.2, -0.15) is 0 Å². The number of aliphatic carboxylic acids is 1. The second kappa shape index (κ2) is 5.11. The zero-order valence-electron chi connectivity index (χ0n) is 9.01. The second-order valence-corrected chi connectivity index (χ2v) is 3.36. The Morgan fingerprint density at radius 1 is 1.38 bits per heavy atom. The number of carbonyl (C=O) groups is 2. The van der Waals surface area contributed by atoms with E-state index in [0.29, 0.717) is 5.69 Å². The van der Waals surface area contributed by atoms with E-state index >= 15 is 0 Å². The first-order valence-electron chi connectivity index (χ1n) is 4.77. The molecule has 1 aromatic carbocycles. The molecule has 0 fully saturated rings. The van der Waals surface area contributed by atoms with Gasteiger partial charge < -0.3 is 5.11 Å². The molecule has 0 aliphatic carbocycles. The molecule has 0 radical (unpaired) electrons. The van der Waals surface area contributed by atoms with Crippen molar-refractivity contribution in [3.05, 3.63) is 42.5 Å². The molecule has 0 unspecified atom stereocenters. The molecule has 0 saturated heterocycles. The van der Waals surface area contributed by atoms with E-state index in [0.717, 1.165) is 16.5 Å². The molecule has 1 aromatic rings. The molecule has 1 N–H and O–H groups in total. The van der Waals surface area contributed by atoms with Crippen LogP contribution in [0.25, 0.3) is 0 Å². The van der Waals surface area contributed by atoms with Crippen LogP contribution in [0.2, 0.25) is 0 Å². The minimum Gasteiger partial charge on any atom is -0.480 e. The summed E-state index contributed by atoms with van der Waals surface area (Å²) in [5.41, 5.74) is 1.60.